The molecule has 0 radical (unpaired) electrons. The number of thiocarbonyl (C=S) groups is 1. The molecule has 0 saturated carbocycles. The first-order chi connectivity index (χ1) is 14.0. The predicted molar refractivity (Wildman–Crippen MR) is 120 cm³/mol. The first kappa shape index (κ1) is 21.3. The summed E-state index contributed by atoms with van der Waals surface area (Å²) in [5.74, 6) is -0.563. The molecule has 1 N–H and O–H groups in total. The smallest absolute Gasteiger partial charge is 0.266 e. The van der Waals surface area contributed by atoms with Gasteiger partial charge < -0.3 is 9.88 Å². The first-order valence-corrected chi connectivity index (χ1v) is 10.5. The molecule has 0 bridgehead atoms. The molecule has 2 aromatic rings. The SMILES string of the molecule is O=C(CN1C(=O)/C(=C/C(Cl)=C/c2ccccc2)SC1=S)NCCCn1ccnc1. The van der Waals surface area contributed by atoms with Crippen LogP contribution in [0.5, 0.6) is 0 Å². The fraction of sp³-hybridized carbons (Fsp3) is 0.200. The third kappa shape index (κ3) is 6.28. The van der Waals surface area contributed by atoms with Gasteiger partial charge in [-0.2, -0.15) is 0 Å². The van der Waals surface area contributed by atoms with Crippen LogP contribution in [-0.4, -0.2) is 43.7 Å². The van der Waals surface area contributed by atoms with Crippen molar-refractivity contribution < 1.29 is 9.59 Å². The van der Waals surface area contributed by atoms with Crippen molar-refractivity contribution in [3.8, 4) is 0 Å². The molecule has 1 aromatic heterocycles. The second-order valence-electron chi connectivity index (χ2n) is 6.21. The number of rotatable bonds is 8. The van der Waals surface area contributed by atoms with E-state index < -0.39 is 0 Å². The van der Waals surface area contributed by atoms with Crippen LogP contribution in [0.1, 0.15) is 12.0 Å². The number of carbonyl (C=O) groups is 2. The maximum atomic E-state index is 12.6. The van der Waals surface area contributed by atoms with Crippen LogP contribution in [0.15, 0.2) is 65.1 Å². The number of benzene rings is 1. The molecular formula is C20H19ClN4O2S2. The van der Waals surface area contributed by atoms with Crippen LogP contribution in [0.4, 0.5) is 0 Å². The number of halogens is 1. The molecule has 2 amide bonds. The fourth-order valence-electron chi connectivity index (χ4n) is 2.62. The molecule has 1 aromatic carbocycles. The Morgan fingerprint density at radius 1 is 1.31 bits per heavy atom. The normalized spacial score (nSPS) is 16.0. The van der Waals surface area contributed by atoms with Crippen LogP contribution in [0, 0.1) is 0 Å². The van der Waals surface area contributed by atoms with Crippen molar-refractivity contribution in [3.05, 3.63) is 70.6 Å². The van der Waals surface area contributed by atoms with E-state index in [1.807, 2.05) is 41.1 Å². The maximum absolute atomic E-state index is 12.6. The average Bonchev–Trinajstić information content (AvgIpc) is 3.30. The zero-order valence-corrected chi connectivity index (χ0v) is 17.8. The number of thioether (sulfide) groups is 1. The minimum Gasteiger partial charge on any atom is -0.354 e. The summed E-state index contributed by atoms with van der Waals surface area (Å²) in [7, 11) is 0. The quantitative estimate of drug-likeness (QED) is 0.382. The summed E-state index contributed by atoms with van der Waals surface area (Å²) in [5.41, 5.74) is 0.930. The number of carbonyl (C=O) groups excluding carboxylic acids is 2. The fourth-order valence-corrected chi connectivity index (χ4v) is 4.17. The highest BCUT2D eigenvalue weighted by atomic mass is 35.5. The molecule has 1 fully saturated rings. The Bertz CT molecular complexity index is 943. The standard InChI is InChI=1S/C20H19ClN4O2S2/c21-16(11-15-5-2-1-3-6-15)12-17-19(27)25(20(28)29-17)13-18(26)23-7-4-9-24-10-8-22-14-24/h1-3,5-6,8,10-12,14H,4,7,9,13H2,(H,23,26)/b16-11-,17-12-. The van der Waals surface area contributed by atoms with E-state index in [9.17, 15) is 9.59 Å². The molecule has 150 valence electrons. The Hall–Kier alpha value is -2.42. The maximum Gasteiger partial charge on any atom is 0.266 e. The van der Waals surface area contributed by atoms with E-state index in [0.29, 0.717) is 20.8 Å². The lowest BCUT2D eigenvalue weighted by molar-refractivity contribution is -0.128. The summed E-state index contributed by atoms with van der Waals surface area (Å²) in [4.78, 5) is 30.4. The van der Waals surface area contributed by atoms with Gasteiger partial charge >= 0.3 is 0 Å². The Kier molecular flexibility index (Phi) is 7.62. The van der Waals surface area contributed by atoms with E-state index in [4.69, 9.17) is 23.8 Å². The number of hydrogen-bond donors (Lipinski definition) is 1. The van der Waals surface area contributed by atoms with Gasteiger partial charge in [-0.25, -0.2) is 4.98 Å². The molecule has 1 aliphatic rings. The number of aromatic nitrogens is 2. The van der Waals surface area contributed by atoms with Crippen LogP contribution in [-0.2, 0) is 16.1 Å². The number of amides is 2. The third-order valence-corrected chi connectivity index (χ3v) is 5.62. The van der Waals surface area contributed by atoms with Gasteiger partial charge in [-0.15, -0.1) is 0 Å². The van der Waals surface area contributed by atoms with Gasteiger partial charge in [0.05, 0.1) is 11.2 Å². The van der Waals surface area contributed by atoms with Crippen LogP contribution < -0.4 is 5.32 Å². The van der Waals surface area contributed by atoms with E-state index in [-0.39, 0.29) is 18.4 Å². The highest BCUT2D eigenvalue weighted by Gasteiger charge is 2.33. The second kappa shape index (κ2) is 10.4. The molecular weight excluding hydrogens is 428 g/mol. The molecule has 0 aliphatic carbocycles. The number of imidazole rings is 1. The number of nitrogens with one attached hydrogen (secondary N) is 1. The third-order valence-electron chi connectivity index (χ3n) is 4.02. The van der Waals surface area contributed by atoms with E-state index in [1.54, 1.807) is 24.7 Å². The molecule has 2 heterocycles. The van der Waals surface area contributed by atoms with Crippen molar-refractivity contribution in [3.63, 3.8) is 0 Å². The molecule has 0 spiro atoms. The van der Waals surface area contributed by atoms with E-state index >= 15 is 0 Å². The van der Waals surface area contributed by atoms with Gasteiger partial charge in [-0.3, -0.25) is 14.5 Å². The summed E-state index contributed by atoms with van der Waals surface area (Å²) < 4.78 is 2.28. The van der Waals surface area contributed by atoms with Gasteiger partial charge in [-0.1, -0.05) is 65.9 Å². The minimum absolute atomic E-state index is 0.104. The van der Waals surface area contributed by atoms with Gasteiger partial charge in [-0.05, 0) is 24.1 Å². The second-order valence-corrected chi connectivity index (χ2v) is 8.32. The molecule has 1 aliphatic heterocycles. The van der Waals surface area contributed by atoms with Crippen LogP contribution in [0.3, 0.4) is 0 Å². The summed E-state index contributed by atoms with van der Waals surface area (Å²) in [6.07, 6.45) is 9.41. The summed E-state index contributed by atoms with van der Waals surface area (Å²) in [6.45, 7) is 1.16. The average molecular weight is 447 g/mol. The van der Waals surface area contributed by atoms with Crippen molar-refractivity contribution in [2.75, 3.05) is 13.1 Å². The lowest BCUT2D eigenvalue weighted by atomic mass is 10.2. The Morgan fingerprint density at radius 2 is 2.10 bits per heavy atom. The van der Waals surface area contributed by atoms with E-state index in [2.05, 4.69) is 10.3 Å². The van der Waals surface area contributed by atoms with Crippen molar-refractivity contribution in [2.24, 2.45) is 0 Å². The van der Waals surface area contributed by atoms with Crippen molar-refractivity contribution in [1.82, 2.24) is 19.8 Å². The Balaban J connectivity index is 1.51. The van der Waals surface area contributed by atoms with Gasteiger partial charge in [0, 0.05) is 30.5 Å². The predicted octanol–water partition coefficient (Wildman–Crippen LogP) is 3.41. The molecule has 9 heteroatoms. The van der Waals surface area contributed by atoms with Gasteiger partial charge in [0.15, 0.2) is 0 Å². The largest absolute Gasteiger partial charge is 0.354 e. The minimum atomic E-state index is -0.312. The molecule has 0 atom stereocenters. The van der Waals surface area contributed by atoms with Gasteiger partial charge in [0.25, 0.3) is 5.91 Å². The molecule has 3 rings (SSSR count). The first-order valence-electron chi connectivity index (χ1n) is 8.93. The Morgan fingerprint density at radius 3 is 2.83 bits per heavy atom. The lowest BCUT2D eigenvalue weighted by Crippen LogP contribution is -2.39. The van der Waals surface area contributed by atoms with Crippen molar-refractivity contribution in [2.45, 2.75) is 13.0 Å². The molecule has 29 heavy (non-hydrogen) atoms. The zero-order chi connectivity index (χ0) is 20.6. The van der Waals surface area contributed by atoms with Gasteiger partial charge in [0.2, 0.25) is 5.91 Å². The highest BCUT2D eigenvalue weighted by molar-refractivity contribution is 8.26. The Labute approximate surface area is 183 Å². The van der Waals surface area contributed by atoms with Gasteiger partial charge in [0.1, 0.15) is 10.9 Å². The van der Waals surface area contributed by atoms with E-state index in [0.717, 1.165) is 30.3 Å². The summed E-state index contributed by atoms with van der Waals surface area (Å²) in [6, 6.07) is 9.56. The number of aryl methyl sites for hydroxylation is 1. The molecule has 1 saturated heterocycles. The van der Waals surface area contributed by atoms with Crippen LogP contribution in [0.25, 0.3) is 6.08 Å². The topological polar surface area (TPSA) is 67.2 Å². The highest BCUT2D eigenvalue weighted by Crippen LogP contribution is 2.32. The number of hydrogen-bond acceptors (Lipinski definition) is 5. The van der Waals surface area contributed by atoms with E-state index in [1.165, 1.54) is 4.90 Å². The summed E-state index contributed by atoms with van der Waals surface area (Å²) in [5, 5.41) is 3.23. The lowest BCUT2D eigenvalue weighted by Gasteiger charge is -2.14. The van der Waals surface area contributed by atoms with Crippen molar-refractivity contribution >= 4 is 57.8 Å². The molecule has 6 nitrogen and oxygen atoms in total. The van der Waals surface area contributed by atoms with Crippen LogP contribution in [0.2, 0.25) is 0 Å². The monoisotopic (exact) mass is 446 g/mol. The summed E-state index contributed by atoms with van der Waals surface area (Å²) >= 11 is 12.7. The molecule has 0 unspecified atom stereocenters. The van der Waals surface area contributed by atoms with Crippen LogP contribution >= 0.6 is 35.6 Å². The number of nitrogens with zero attached hydrogens (tertiary/aromatic N) is 3. The van der Waals surface area contributed by atoms with Crippen molar-refractivity contribution in [1.29, 1.82) is 0 Å². The zero-order valence-electron chi connectivity index (χ0n) is 15.5. The number of allylic oxidation sites excluding steroid dienone is 2.